The molecule has 2 aliphatic rings. The molecule has 1 aromatic heterocycles. The van der Waals surface area contributed by atoms with Gasteiger partial charge in [0.25, 0.3) is 0 Å². The van der Waals surface area contributed by atoms with Crippen LogP contribution in [-0.2, 0) is 17.6 Å². The van der Waals surface area contributed by atoms with Crippen molar-refractivity contribution in [2.24, 2.45) is 0 Å². The van der Waals surface area contributed by atoms with E-state index in [4.69, 9.17) is 0 Å². The summed E-state index contributed by atoms with van der Waals surface area (Å²) in [7, 11) is 0. The average Bonchev–Trinajstić information content (AvgIpc) is 3.11. The lowest BCUT2D eigenvalue weighted by atomic mass is 10.1. The van der Waals surface area contributed by atoms with Gasteiger partial charge in [0, 0.05) is 30.4 Å². The van der Waals surface area contributed by atoms with Gasteiger partial charge in [0.05, 0.1) is 17.1 Å². The maximum Gasteiger partial charge on any atom is 0.229 e. The second-order valence-corrected chi connectivity index (χ2v) is 7.69. The van der Waals surface area contributed by atoms with Gasteiger partial charge in [0.15, 0.2) is 0 Å². The van der Waals surface area contributed by atoms with Crippen LogP contribution in [0, 0.1) is 0 Å². The monoisotopic (exact) mass is 341 g/mol. The van der Waals surface area contributed by atoms with E-state index in [1.165, 1.54) is 5.56 Å². The van der Waals surface area contributed by atoms with Crippen LogP contribution in [0.4, 0.5) is 0 Å². The fraction of sp³-hybridized carbons (Fsp3) is 0.474. The van der Waals surface area contributed by atoms with Gasteiger partial charge in [0.2, 0.25) is 5.91 Å². The Morgan fingerprint density at radius 2 is 2.04 bits per heavy atom. The van der Waals surface area contributed by atoms with Crippen LogP contribution >= 0.6 is 11.3 Å². The zero-order valence-corrected chi connectivity index (χ0v) is 14.6. The van der Waals surface area contributed by atoms with Crippen LogP contribution in [0.2, 0.25) is 0 Å². The largest absolute Gasteiger partial charge is 0.335 e. The Hall–Kier alpha value is -1.72. The lowest BCUT2D eigenvalue weighted by Gasteiger charge is -2.27. The molecule has 0 spiro atoms. The molecule has 0 saturated carbocycles. The molecule has 24 heavy (non-hydrogen) atoms. The third-order valence-electron chi connectivity index (χ3n) is 5.07. The summed E-state index contributed by atoms with van der Waals surface area (Å²) in [6.45, 7) is 1.97. The van der Waals surface area contributed by atoms with Crippen molar-refractivity contribution in [2.75, 3.05) is 13.1 Å². The summed E-state index contributed by atoms with van der Waals surface area (Å²) in [5.74, 6) is 0.253. The minimum atomic E-state index is 0.253. The van der Waals surface area contributed by atoms with Crippen LogP contribution in [0.3, 0.4) is 0 Å². The van der Waals surface area contributed by atoms with Gasteiger partial charge in [-0.15, -0.1) is 11.3 Å². The molecule has 2 aromatic rings. The average molecular weight is 341 g/mol. The summed E-state index contributed by atoms with van der Waals surface area (Å²) in [5.41, 5.74) is 2.19. The maximum atomic E-state index is 12.8. The number of rotatable bonds is 4. The van der Waals surface area contributed by atoms with Gasteiger partial charge < -0.3 is 10.2 Å². The highest BCUT2D eigenvalue weighted by atomic mass is 32.1. The quantitative estimate of drug-likeness (QED) is 0.930. The number of hydrogen-bond donors (Lipinski definition) is 1. The first-order valence-electron chi connectivity index (χ1n) is 8.78. The lowest BCUT2D eigenvalue weighted by molar-refractivity contribution is -0.133. The molecule has 0 radical (unpaired) electrons. The summed E-state index contributed by atoms with van der Waals surface area (Å²) in [5, 5.41) is 6.59. The Kier molecular flexibility index (Phi) is 4.63. The molecule has 1 aromatic carbocycles. The molecule has 2 atom stereocenters. The van der Waals surface area contributed by atoms with E-state index in [2.05, 4.69) is 39.5 Å². The van der Waals surface area contributed by atoms with Gasteiger partial charge in [-0.2, -0.15) is 0 Å². The van der Waals surface area contributed by atoms with Crippen LogP contribution in [-0.4, -0.2) is 41.0 Å². The molecule has 5 heteroatoms. The molecule has 126 valence electrons. The third kappa shape index (κ3) is 3.37. The lowest BCUT2D eigenvalue weighted by Crippen LogP contribution is -2.43. The molecule has 2 fully saturated rings. The molecule has 1 N–H and O–H groups in total. The zero-order valence-electron chi connectivity index (χ0n) is 13.8. The van der Waals surface area contributed by atoms with E-state index in [9.17, 15) is 4.79 Å². The van der Waals surface area contributed by atoms with Crippen molar-refractivity contribution >= 4 is 17.2 Å². The number of nitrogens with zero attached hydrogens (tertiary/aromatic N) is 2. The third-order valence-corrected chi connectivity index (χ3v) is 5.97. The number of aromatic nitrogens is 1. The van der Waals surface area contributed by atoms with Gasteiger partial charge in [0.1, 0.15) is 0 Å². The van der Waals surface area contributed by atoms with E-state index >= 15 is 0 Å². The SMILES string of the molecule is O=C(Cc1csc(Cc2ccccc2)n1)N1C2CCNCC1CC2. The van der Waals surface area contributed by atoms with Crippen LogP contribution in [0.15, 0.2) is 35.7 Å². The van der Waals surface area contributed by atoms with Gasteiger partial charge in [-0.1, -0.05) is 30.3 Å². The molecule has 2 aliphatic heterocycles. The van der Waals surface area contributed by atoms with Crippen molar-refractivity contribution in [1.29, 1.82) is 0 Å². The van der Waals surface area contributed by atoms with E-state index in [0.717, 1.165) is 49.5 Å². The summed E-state index contributed by atoms with van der Waals surface area (Å²) in [6, 6.07) is 11.2. The molecule has 3 heterocycles. The number of thiazole rings is 1. The van der Waals surface area contributed by atoms with Gasteiger partial charge in [-0.25, -0.2) is 4.98 Å². The molecular formula is C19H23N3OS. The van der Waals surface area contributed by atoms with E-state index in [0.29, 0.717) is 18.5 Å². The minimum absolute atomic E-state index is 0.253. The molecule has 2 unspecified atom stereocenters. The topological polar surface area (TPSA) is 45.2 Å². The summed E-state index contributed by atoms with van der Waals surface area (Å²) >= 11 is 1.66. The van der Waals surface area contributed by atoms with Gasteiger partial charge in [-0.05, 0) is 31.4 Å². The second kappa shape index (κ2) is 7.03. The van der Waals surface area contributed by atoms with Crippen molar-refractivity contribution in [3.63, 3.8) is 0 Å². The van der Waals surface area contributed by atoms with Crippen LogP contribution in [0.1, 0.15) is 35.5 Å². The first-order valence-corrected chi connectivity index (χ1v) is 9.66. The highest BCUT2D eigenvalue weighted by Gasteiger charge is 2.37. The highest BCUT2D eigenvalue weighted by molar-refractivity contribution is 7.09. The summed E-state index contributed by atoms with van der Waals surface area (Å²) < 4.78 is 0. The second-order valence-electron chi connectivity index (χ2n) is 6.75. The van der Waals surface area contributed by atoms with Crippen molar-refractivity contribution in [1.82, 2.24) is 15.2 Å². The highest BCUT2D eigenvalue weighted by Crippen LogP contribution is 2.28. The van der Waals surface area contributed by atoms with Crippen molar-refractivity contribution < 1.29 is 4.79 Å². The van der Waals surface area contributed by atoms with Crippen LogP contribution in [0.5, 0.6) is 0 Å². The van der Waals surface area contributed by atoms with Crippen molar-refractivity contribution in [3.05, 3.63) is 52.0 Å². The number of fused-ring (bicyclic) bond motifs is 2. The fourth-order valence-electron chi connectivity index (χ4n) is 3.92. The number of benzene rings is 1. The molecule has 4 nitrogen and oxygen atoms in total. The predicted octanol–water partition coefficient (Wildman–Crippen LogP) is 2.63. The molecule has 4 rings (SSSR count). The molecule has 2 saturated heterocycles. The number of carbonyl (C=O) groups is 1. The Morgan fingerprint density at radius 1 is 1.21 bits per heavy atom. The Morgan fingerprint density at radius 3 is 2.92 bits per heavy atom. The number of amides is 1. The Labute approximate surface area is 146 Å². The predicted molar refractivity (Wildman–Crippen MR) is 96.2 cm³/mol. The molecule has 2 bridgehead atoms. The molecule has 0 aliphatic carbocycles. The Bertz CT molecular complexity index is 686. The zero-order chi connectivity index (χ0) is 16.4. The smallest absolute Gasteiger partial charge is 0.229 e. The first kappa shape index (κ1) is 15.8. The Balaban J connectivity index is 1.41. The fourth-order valence-corrected chi connectivity index (χ4v) is 4.75. The minimum Gasteiger partial charge on any atom is -0.335 e. The number of nitrogens with one attached hydrogen (secondary N) is 1. The normalized spacial score (nSPS) is 23.2. The summed E-state index contributed by atoms with van der Waals surface area (Å²) in [6.07, 6.45) is 4.67. The number of carbonyl (C=O) groups excluding carboxylic acids is 1. The maximum absolute atomic E-state index is 12.8. The van der Waals surface area contributed by atoms with Crippen molar-refractivity contribution in [2.45, 2.75) is 44.2 Å². The molecule has 1 amide bonds. The van der Waals surface area contributed by atoms with Gasteiger partial charge in [-0.3, -0.25) is 4.79 Å². The first-order chi connectivity index (χ1) is 11.8. The molecular weight excluding hydrogens is 318 g/mol. The van der Waals surface area contributed by atoms with E-state index in [-0.39, 0.29) is 5.91 Å². The van der Waals surface area contributed by atoms with Crippen LogP contribution < -0.4 is 5.32 Å². The van der Waals surface area contributed by atoms with Gasteiger partial charge >= 0.3 is 0 Å². The van der Waals surface area contributed by atoms with E-state index in [1.54, 1.807) is 11.3 Å². The standard InChI is InChI=1S/C19H23N3OS/c23-19(22-16-6-7-17(22)12-20-9-8-16)11-15-13-24-18(21-15)10-14-4-2-1-3-5-14/h1-5,13,16-17,20H,6-12H2. The van der Waals surface area contributed by atoms with E-state index < -0.39 is 0 Å². The summed E-state index contributed by atoms with van der Waals surface area (Å²) in [4.78, 5) is 19.7. The number of hydrogen-bond acceptors (Lipinski definition) is 4. The van der Waals surface area contributed by atoms with E-state index in [1.807, 2.05) is 11.4 Å². The van der Waals surface area contributed by atoms with Crippen molar-refractivity contribution in [3.8, 4) is 0 Å². The van der Waals surface area contributed by atoms with Crippen LogP contribution in [0.25, 0.3) is 0 Å².